The molecule has 0 saturated carbocycles. The minimum absolute atomic E-state index is 0.00277. The van der Waals surface area contributed by atoms with Gasteiger partial charge < -0.3 is 10.1 Å². The quantitative estimate of drug-likeness (QED) is 0.448. The minimum Gasteiger partial charge on any atom is -0.381 e. The lowest BCUT2D eigenvalue weighted by atomic mass is 9.73. The minimum atomic E-state index is -0.590. The highest BCUT2D eigenvalue weighted by molar-refractivity contribution is 5.88. The van der Waals surface area contributed by atoms with Gasteiger partial charge in [0.05, 0.1) is 24.7 Å². The van der Waals surface area contributed by atoms with Crippen LogP contribution in [0.2, 0.25) is 0 Å². The van der Waals surface area contributed by atoms with Crippen LogP contribution in [0.25, 0.3) is 11.0 Å². The van der Waals surface area contributed by atoms with Crippen molar-refractivity contribution in [2.45, 2.75) is 38.3 Å². The van der Waals surface area contributed by atoms with E-state index in [0.29, 0.717) is 56.7 Å². The predicted octanol–water partition coefficient (Wildman–Crippen LogP) is 2.81. The lowest BCUT2D eigenvalue weighted by Gasteiger charge is -2.36. The number of nitrogens with one attached hydrogen (secondary N) is 1. The molecule has 1 aliphatic rings. The summed E-state index contributed by atoms with van der Waals surface area (Å²) < 4.78 is 8.82. The van der Waals surface area contributed by atoms with Gasteiger partial charge in [-0.1, -0.05) is 54.6 Å². The number of benzene rings is 2. The van der Waals surface area contributed by atoms with E-state index in [1.807, 2.05) is 61.5 Å². The van der Waals surface area contributed by atoms with E-state index < -0.39 is 5.41 Å². The normalized spacial score (nSPS) is 15.2. The van der Waals surface area contributed by atoms with E-state index in [0.717, 1.165) is 16.7 Å². The van der Waals surface area contributed by atoms with Crippen LogP contribution in [0.1, 0.15) is 29.5 Å². The number of carbonyl (C=O) groups excluding carboxylic acids is 1. The van der Waals surface area contributed by atoms with Crippen molar-refractivity contribution in [3.63, 3.8) is 0 Å². The Kier molecular flexibility index (Phi) is 6.46. The van der Waals surface area contributed by atoms with Gasteiger partial charge in [0.15, 0.2) is 5.65 Å². The van der Waals surface area contributed by atoms with Crippen LogP contribution in [0.4, 0.5) is 0 Å². The van der Waals surface area contributed by atoms with Crippen LogP contribution in [0.15, 0.2) is 71.9 Å². The standard InChI is InChI=1S/C27H29N5O3/c1-20-7-5-6-8-21(20)18-31-19-29-24-23(25(31)33)17-30-32(24)14-13-28-26(34)27(11-15-35-16-12-27)22-9-3-2-4-10-22/h2-10,17,19H,11-16,18H2,1H3,(H,28,34). The Morgan fingerprint density at radius 1 is 1.09 bits per heavy atom. The van der Waals surface area contributed by atoms with Crippen molar-refractivity contribution in [2.24, 2.45) is 0 Å². The highest BCUT2D eigenvalue weighted by atomic mass is 16.5. The molecule has 4 aromatic rings. The Bertz CT molecular complexity index is 1390. The van der Waals surface area contributed by atoms with Crippen molar-refractivity contribution in [3.8, 4) is 0 Å². The number of hydrogen-bond acceptors (Lipinski definition) is 5. The molecule has 0 radical (unpaired) electrons. The van der Waals surface area contributed by atoms with Crippen molar-refractivity contribution in [3.05, 3.63) is 94.2 Å². The lowest BCUT2D eigenvalue weighted by molar-refractivity contribution is -0.130. The number of amides is 1. The van der Waals surface area contributed by atoms with E-state index in [-0.39, 0.29) is 11.5 Å². The smallest absolute Gasteiger partial charge is 0.264 e. The second-order valence-corrected chi connectivity index (χ2v) is 9.03. The van der Waals surface area contributed by atoms with E-state index in [2.05, 4.69) is 15.4 Å². The molecule has 1 amide bonds. The second-order valence-electron chi connectivity index (χ2n) is 9.03. The van der Waals surface area contributed by atoms with Crippen LogP contribution in [0.3, 0.4) is 0 Å². The summed E-state index contributed by atoms with van der Waals surface area (Å²) in [5.41, 5.74) is 3.02. The molecule has 1 N–H and O–H groups in total. The number of fused-ring (bicyclic) bond motifs is 1. The predicted molar refractivity (Wildman–Crippen MR) is 133 cm³/mol. The maximum Gasteiger partial charge on any atom is 0.264 e. The van der Waals surface area contributed by atoms with Gasteiger partial charge in [-0.25, -0.2) is 9.67 Å². The molecule has 2 aromatic heterocycles. The van der Waals surface area contributed by atoms with Gasteiger partial charge in [0.2, 0.25) is 5.91 Å². The third-order valence-corrected chi connectivity index (χ3v) is 6.94. The Labute approximate surface area is 203 Å². The van der Waals surface area contributed by atoms with Crippen molar-refractivity contribution in [1.29, 1.82) is 0 Å². The first-order chi connectivity index (χ1) is 17.1. The van der Waals surface area contributed by atoms with Crippen LogP contribution in [0.5, 0.6) is 0 Å². The number of nitrogens with zero attached hydrogens (tertiary/aromatic N) is 4. The lowest BCUT2D eigenvalue weighted by Crippen LogP contribution is -2.48. The molecule has 1 aliphatic heterocycles. The van der Waals surface area contributed by atoms with Crippen LogP contribution in [-0.2, 0) is 28.0 Å². The van der Waals surface area contributed by atoms with Crippen LogP contribution in [0, 0.1) is 6.92 Å². The van der Waals surface area contributed by atoms with Crippen LogP contribution in [-0.4, -0.2) is 45.0 Å². The molecule has 0 aliphatic carbocycles. The van der Waals surface area contributed by atoms with Crippen molar-refractivity contribution < 1.29 is 9.53 Å². The summed E-state index contributed by atoms with van der Waals surface area (Å²) in [6.07, 6.45) is 4.43. The fourth-order valence-corrected chi connectivity index (χ4v) is 4.81. The topological polar surface area (TPSA) is 91.0 Å². The molecule has 8 nitrogen and oxygen atoms in total. The molecule has 0 spiro atoms. The summed E-state index contributed by atoms with van der Waals surface area (Å²) in [5.74, 6) is -0.00277. The number of aryl methyl sites for hydroxylation is 1. The van der Waals surface area contributed by atoms with E-state index in [9.17, 15) is 9.59 Å². The average Bonchev–Trinajstić information content (AvgIpc) is 3.31. The maximum atomic E-state index is 13.3. The van der Waals surface area contributed by atoms with Gasteiger partial charge in [0, 0.05) is 19.8 Å². The highest BCUT2D eigenvalue weighted by Crippen LogP contribution is 2.35. The zero-order chi connectivity index (χ0) is 24.3. The summed E-state index contributed by atoms with van der Waals surface area (Å²) in [6, 6.07) is 17.9. The Morgan fingerprint density at radius 3 is 2.60 bits per heavy atom. The molecule has 2 aromatic carbocycles. The Hall–Kier alpha value is -3.78. The first kappa shape index (κ1) is 23.0. The number of aromatic nitrogens is 4. The summed E-state index contributed by atoms with van der Waals surface area (Å²) >= 11 is 0. The number of ether oxygens (including phenoxy) is 1. The summed E-state index contributed by atoms with van der Waals surface area (Å²) in [6.45, 7) is 4.42. The first-order valence-corrected chi connectivity index (χ1v) is 12.0. The third-order valence-electron chi connectivity index (χ3n) is 6.94. The van der Waals surface area contributed by atoms with Gasteiger partial charge in [0.1, 0.15) is 11.7 Å². The summed E-state index contributed by atoms with van der Waals surface area (Å²) in [7, 11) is 0. The maximum absolute atomic E-state index is 13.3. The van der Waals surface area contributed by atoms with Gasteiger partial charge in [-0.3, -0.25) is 14.2 Å². The average molecular weight is 472 g/mol. The summed E-state index contributed by atoms with van der Waals surface area (Å²) in [5, 5.41) is 7.94. The van der Waals surface area contributed by atoms with E-state index in [1.54, 1.807) is 21.8 Å². The molecule has 35 heavy (non-hydrogen) atoms. The second kappa shape index (κ2) is 9.84. The van der Waals surface area contributed by atoms with E-state index in [4.69, 9.17) is 4.74 Å². The van der Waals surface area contributed by atoms with Gasteiger partial charge in [-0.15, -0.1) is 0 Å². The zero-order valence-corrected chi connectivity index (χ0v) is 19.8. The van der Waals surface area contributed by atoms with Gasteiger partial charge in [-0.2, -0.15) is 5.10 Å². The molecule has 3 heterocycles. The number of carbonyl (C=O) groups is 1. The zero-order valence-electron chi connectivity index (χ0n) is 19.8. The molecule has 1 saturated heterocycles. The molecule has 1 fully saturated rings. The van der Waals surface area contributed by atoms with E-state index >= 15 is 0 Å². The van der Waals surface area contributed by atoms with Crippen LogP contribution >= 0.6 is 0 Å². The van der Waals surface area contributed by atoms with Crippen molar-refractivity contribution in [1.82, 2.24) is 24.6 Å². The number of rotatable bonds is 7. The third kappa shape index (κ3) is 4.49. The molecule has 8 heteroatoms. The Morgan fingerprint density at radius 2 is 1.83 bits per heavy atom. The van der Waals surface area contributed by atoms with Gasteiger partial charge in [-0.05, 0) is 36.5 Å². The first-order valence-electron chi connectivity index (χ1n) is 12.0. The van der Waals surface area contributed by atoms with E-state index in [1.165, 1.54) is 0 Å². The molecule has 0 unspecified atom stereocenters. The van der Waals surface area contributed by atoms with Crippen LogP contribution < -0.4 is 10.9 Å². The van der Waals surface area contributed by atoms with Gasteiger partial charge >= 0.3 is 0 Å². The fourth-order valence-electron chi connectivity index (χ4n) is 4.81. The Balaban J connectivity index is 1.30. The summed E-state index contributed by atoms with van der Waals surface area (Å²) in [4.78, 5) is 30.9. The van der Waals surface area contributed by atoms with Gasteiger partial charge in [0.25, 0.3) is 5.56 Å². The monoisotopic (exact) mass is 471 g/mol. The molecule has 0 bridgehead atoms. The largest absolute Gasteiger partial charge is 0.381 e. The van der Waals surface area contributed by atoms with Crippen molar-refractivity contribution in [2.75, 3.05) is 19.8 Å². The fraction of sp³-hybridized carbons (Fsp3) is 0.333. The molecule has 5 rings (SSSR count). The molecular formula is C27H29N5O3. The molecular weight excluding hydrogens is 442 g/mol. The molecule has 0 atom stereocenters. The highest BCUT2D eigenvalue weighted by Gasteiger charge is 2.41. The number of hydrogen-bond donors (Lipinski definition) is 1. The van der Waals surface area contributed by atoms with Crippen molar-refractivity contribution >= 4 is 16.9 Å². The SMILES string of the molecule is Cc1ccccc1Cn1cnc2c(cnn2CCNC(=O)C2(c3ccccc3)CCOCC2)c1=O. The molecule has 180 valence electrons.